The van der Waals surface area contributed by atoms with Gasteiger partial charge in [-0.1, -0.05) is 48.5 Å². The van der Waals surface area contributed by atoms with E-state index in [1.54, 1.807) is 0 Å². The minimum absolute atomic E-state index is 0.0958. The van der Waals surface area contributed by atoms with E-state index >= 15 is 0 Å². The summed E-state index contributed by atoms with van der Waals surface area (Å²) < 4.78 is 5.35. The van der Waals surface area contributed by atoms with Crippen molar-refractivity contribution in [2.45, 2.75) is 19.6 Å². The summed E-state index contributed by atoms with van der Waals surface area (Å²) in [6, 6.07) is 20.9. The van der Waals surface area contributed by atoms with Crippen molar-refractivity contribution in [1.29, 1.82) is 0 Å². The van der Waals surface area contributed by atoms with Gasteiger partial charge in [-0.25, -0.2) is 4.79 Å². The maximum absolute atomic E-state index is 12.5. The van der Waals surface area contributed by atoms with Crippen molar-refractivity contribution in [3.63, 3.8) is 0 Å². The molecule has 0 amide bonds. The Kier molecular flexibility index (Phi) is 7.47. The van der Waals surface area contributed by atoms with E-state index in [9.17, 15) is 9.90 Å². The van der Waals surface area contributed by atoms with Gasteiger partial charge < -0.3 is 14.4 Å². The number of anilines is 1. The molecule has 5 rings (SSSR count). The molecule has 0 atom stereocenters. The predicted octanol–water partition coefficient (Wildman–Crippen LogP) is 2.99. The molecule has 2 fully saturated rings. The highest BCUT2D eigenvalue weighted by Gasteiger charge is 2.23. The van der Waals surface area contributed by atoms with Gasteiger partial charge in [0, 0.05) is 83.2 Å². The van der Waals surface area contributed by atoms with Crippen LogP contribution in [0.25, 0.3) is 0 Å². The number of benzene rings is 2. The van der Waals surface area contributed by atoms with Crippen LogP contribution in [0.2, 0.25) is 0 Å². The molecule has 1 N–H and O–H groups in total. The van der Waals surface area contributed by atoms with Crippen LogP contribution in [-0.2, 0) is 19.6 Å². The summed E-state index contributed by atoms with van der Waals surface area (Å²) >= 11 is 0. The molecule has 0 radical (unpaired) electrons. The Morgan fingerprint density at radius 3 is 1.89 bits per heavy atom. The molecule has 35 heavy (non-hydrogen) atoms. The van der Waals surface area contributed by atoms with Gasteiger partial charge in [0.25, 0.3) is 0 Å². The van der Waals surface area contributed by atoms with Crippen molar-refractivity contribution in [2.24, 2.45) is 0 Å². The van der Waals surface area contributed by atoms with Gasteiger partial charge >= 0.3 is 5.63 Å². The molecule has 7 nitrogen and oxygen atoms in total. The lowest BCUT2D eigenvalue weighted by Crippen LogP contribution is -2.46. The molecule has 0 aliphatic carbocycles. The summed E-state index contributed by atoms with van der Waals surface area (Å²) in [7, 11) is 0. The van der Waals surface area contributed by atoms with Crippen molar-refractivity contribution >= 4 is 5.69 Å². The topological polar surface area (TPSA) is 63.4 Å². The van der Waals surface area contributed by atoms with Crippen molar-refractivity contribution in [3.8, 4) is 5.75 Å². The molecule has 0 spiro atoms. The van der Waals surface area contributed by atoms with Crippen molar-refractivity contribution in [2.75, 3.05) is 57.3 Å². The van der Waals surface area contributed by atoms with Gasteiger partial charge in [-0.15, -0.1) is 0 Å². The molecule has 2 saturated heterocycles. The van der Waals surface area contributed by atoms with Crippen molar-refractivity contribution < 1.29 is 9.52 Å². The minimum Gasteiger partial charge on any atom is -0.507 e. The zero-order valence-corrected chi connectivity index (χ0v) is 20.2. The Labute approximate surface area is 206 Å². The molecule has 0 bridgehead atoms. The van der Waals surface area contributed by atoms with E-state index in [0.717, 1.165) is 58.9 Å². The fourth-order valence-corrected chi connectivity index (χ4v) is 5.01. The number of piperazine rings is 2. The third-order valence-electron chi connectivity index (χ3n) is 7.13. The van der Waals surface area contributed by atoms with Crippen LogP contribution in [0.4, 0.5) is 5.69 Å². The largest absolute Gasteiger partial charge is 0.507 e. The molecule has 3 heterocycles. The number of aromatic hydroxyl groups is 1. The molecule has 0 unspecified atom stereocenters. The smallest absolute Gasteiger partial charge is 0.343 e. The normalized spacial score (nSPS) is 18.1. The number of hydrogen-bond donors (Lipinski definition) is 1. The van der Waals surface area contributed by atoms with Crippen LogP contribution in [-0.4, -0.2) is 72.2 Å². The van der Waals surface area contributed by atoms with E-state index in [1.165, 1.54) is 17.5 Å². The van der Waals surface area contributed by atoms with Gasteiger partial charge in [0.2, 0.25) is 0 Å². The van der Waals surface area contributed by atoms with E-state index in [-0.39, 0.29) is 5.75 Å². The van der Waals surface area contributed by atoms with Crippen LogP contribution in [0.5, 0.6) is 5.75 Å². The lowest BCUT2D eigenvalue weighted by Gasteiger charge is -2.36. The van der Waals surface area contributed by atoms with Crippen LogP contribution in [0.15, 0.2) is 76.1 Å². The first-order chi connectivity index (χ1) is 17.2. The number of para-hydroxylation sites is 1. The average Bonchev–Trinajstić information content (AvgIpc) is 2.91. The number of hydrogen-bond acceptors (Lipinski definition) is 7. The highest BCUT2D eigenvalue weighted by molar-refractivity contribution is 5.46. The molecule has 2 aliphatic heterocycles. The Bertz CT molecular complexity index is 1140. The average molecular weight is 475 g/mol. The molecule has 2 aliphatic rings. The lowest BCUT2D eigenvalue weighted by molar-refractivity contribution is 0.120. The van der Waals surface area contributed by atoms with Gasteiger partial charge in [0.05, 0.1) is 5.56 Å². The minimum atomic E-state index is -0.438. The van der Waals surface area contributed by atoms with E-state index in [0.29, 0.717) is 24.2 Å². The molecule has 184 valence electrons. The SMILES string of the molecule is O=c1occ(CN2CCN(c3ccccc3)CC2)c(O)c1CN1CCN(Cc2ccccc2)CC1. The summed E-state index contributed by atoms with van der Waals surface area (Å²) in [5.41, 5.74) is 3.19. The quantitative estimate of drug-likeness (QED) is 0.565. The third kappa shape index (κ3) is 5.93. The molecule has 2 aromatic carbocycles. The Morgan fingerprint density at radius 1 is 0.686 bits per heavy atom. The van der Waals surface area contributed by atoms with Crippen molar-refractivity contribution in [3.05, 3.63) is 94.0 Å². The van der Waals surface area contributed by atoms with Crippen molar-refractivity contribution in [1.82, 2.24) is 14.7 Å². The molecular weight excluding hydrogens is 440 g/mol. The fraction of sp³-hybridized carbons (Fsp3) is 0.393. The summed E-state index contributed by atoms with van der Waals surface area (Å²) in [5, 5.41) is 11.0. The number of nitrogens with zero attached hydrogens (tertiary/aromatic N) is 4. The summed E-state index contributed by atoms with van der Waals surface area (Å²) in [6.07, 6.45) is 1.43. The maximum atomic E-state index is 12.5. The second kappa shape index (κ2) is 11.1. The third-order valence-corrected chi connectivity index (χ3v) is 7.13. The molecule has 1 aromatic heterocycles. The zero-order valence-electron chi connectivity index (χ0n) is 20.2. The first kappa shape index (κ1) is 23.6. The van der Waals surface area contributed by atoms with Crippen LogP contribution in [0, 0.1) is 0 Å². The second-order valence-corrected chi connectivity index (χ2v) is 9.51. The zero-order chi connectivity index (χ0) is 24.0. The summed E-state index contributed by atoms with van der Waals surface area (Å²) in [4.78, 5) is 21.8. The van der Waals surface area contributed by atoms with Gasteiger partial charge in [0.1, 0.15) is 12.0 Å². The predicted molar refractivity (Wildman–Crippen MR) is 138 cm³/mol. The Balaban J connectivity index is 1.16. The van der Waals surface area contributed by atoms with Crippen LogP contribution >= 0.6 is 0 Å². The molecule has 7 heteroatoms. The van der Waals surface area contributed by atoms with E-state index < -0.39 is 5.63 Å². The van der Waals surface area contributed by atoms with E-state index in [4.69, 9.17) is 4.42 Å². The van der Waals surface area contributed by atoms with E-state index in [1.807, 2.05) is 12.1 Å². The fourth-order valence-electron chi connectivity index (χ4n) is 5.01. The molecular formula is C28H34N4O3. The molecule has 3 aromatic rings. The first-order valence-corrected chi connectivity index (χ1v) is 12.5. The summed E-state index contributed by atoms with van der Waals surface area (Å²) in [5.74, 6) is 0.0958. The standard InChI is InChI=1S/C28H34N4O3/c33-27-24(20-30-15-17-32(18-16-30)25-9-5-2-6-10-25)22-35-28(34)26(27)21-31-13-11-29(12-14-31)19-23-7-3-1-4-8-23/h1-10,22,33H,11-21H2. The highest BCUT2D eigenvalue weighted by Crippen LogP contribution is 2.24. The first-order valence-electron chi connectivity index (χ1n) is 12.5. The summed E-state index contributed by atoms with van der Waals surface area (Å²) in [6.45, 7) is 9.18. The van der Waals surface area contributed by atoms with Crippen LogP contribution < -0.4 is 10.5 Å². The van der Waals surface area contributed by atoms with Crippen LogP contribution in [0.1, 0.15) is 16.7 Å². The van der Waals surface area contributed by atoms with Gasteiger partial charge in [-0.05, 0) is 17.7 Å². The lowest BCUT2D eigenvalue weighted by atomic mass is 10.1. The maximum Gasteiger partial charge on any atom is 0.343 e. The van der Waals surface area contributed by atoms with E-state index in [2.05, 4.69) is 68.1 Å². The Morgan fingerprint density at radius 2 is 1.23 bits per heavy atom. The van der Waals surface area contributed by atoms with Gasteiger partial charge in [-0.2, -0.15) is 0 Å². The van der Waals surface area contributed by atoms with Gasteiger partial charge in [-0.3, -0.25) is 14.7 Å². The van der Waals surface area contributed by atoms with Crippen LogP contribution in [0.3, 0.4) is 0 Å². The molecule has 0 saturated carbocycles. The number of rotatable bonds is 7. The highest BCUT2D eigenvalue weighted by atomic mass is 16.4. The Hall–Kier alpha value is -3.13. The monoisotopic (exact) mass is 474 g/mol. The second-order valence-electron chi connectivity index (χ2n) is 9.51. The van der Waals surface area contributed by atoms with Gasteiger partial charge in [0.15, 0.2) is 0 Å².